The SMILES string of the molecule is CN1CCN(C(=O)COc2ccc(C#N)cc2F)CC1. The molecule has 0 bridgehead atoms. The van der Waals surface area contributed by atoms with Gasteiger partial charge >= 0.3 is 0 Å². The van der Waals surface area contributed by atoms with Crippen molar-refractivity contribution in [3.05, 3.63) is 29.6 Å². The molecule has 0 unspecified atom stereocenters. The molecule has 6 heteroatoms. The van der Waals surface area contributed by atoms with E-state index in [9.17, 15) is 9.18 Å². The highest BCUT2D eigenvalue weighted by molar-refractivity contribution is 5.77. The van der Waals surface area contributed by atoms with E-state index < -0.39 is 5.82 Å². The van der Waals surface area contributed by atoms with Crippen LogP contribution >= 0.6 is 0 Å². The average molecular weight is 277 g/mol. The van der Waals surface area contributed by atoms with Gasteiger partial charge in [0.15, 0.2) is 18.2 Å². The average Bonchev–Trinajstić information content (AvgIpc) is 2.46. The highest BCUT2D eigenvalue weighted by atomic mass is 19.1. The molecular weight excluding hydrogens is 261 g/mol. The van der Waals surface area contributed by atoms with Gasteiger partial charge in [0.25, 0.3) is 5.91 Å². The summed E-state index contributed by atoms with van der Waals surface area (Å²) in [6.45, 7) is 2.80. The van der Waals surface area contributed by atoms with Crippen molar-refractivity contribution >= 4 is 5.91 Å². The minimum absolute atomic E-state index is 0.00789. The Labute approximate surface area is 117 Å². The molecule has 1 aliphatic heterocycles. The Hall–Kier alpha value is -2.13. The number of hydrogen-bond acceptors (Lipinski definition) is 4. The van der Waals surface area contributed by atoms with E-state index in [-0.39, 0.29) is 23.8 Å². The summed E-state index contributed by atoms with van der Waals surface area (Å²) < 4.78 is 18.8. The molecule has 0 radical (unpaired) electrons. The number of carbonyl (C=O) groups is 1. The van der Waals surface area contributed by atoms with Gasteiger partial charge in [-0.2, -0.15) is 5.26 Å². The van der Waals surface area contributed by atoms with Crippen molar-refractivity contribution in [3.8, 4) is 11.8 Å². The second-order valence-corrected chi connectivity index (χ2v) is 4.73. The summed E-state index contributed by atoms with van der Waals surface area (Å²) in [6, 6.07) is 5.76. The molecule has 2 rings (SSSR count). The van der Waals surface area contributed by atoms with Gasteiger partial charge in [-0.3, -0.25) is 4.79 Å². The Morgan fingerprint density at radius 3 is 2.70 bits per heavy atom. The minimum Gasteiger partial charge on any atom is -0.481 e. The Morgan fingerprint density at radius 2 is 2.10 bits per heavy atom. The van der Waals surface area contributed by atoms with Crippen LogP contribution < -0.4 is 4.74 Å². The summed E-state index contributed by atoms with van der Waals surface area (Å²) in [6.07, 6.45) is 0. The van der Waals surface area contributed by atoms with Crippen molar-refractivity contribution in [1.82, 2.24) is 9.80 Å². The van der Waals surface area contributed by atoms with E-state index in [1.54, 1.807) is 4.90 Å². The molecular formula is C14H16FN3O2. The van der Waals surface area contributed by atoms with E-state index in [2.05, 4.69) is 4.90 Å². The van der Waals surface area contributed by atoms with Crippen molar-refractivity contribution in [2.75, 3.05) is 39.8 Å². The highest BCUT2D eigenvalue weighted by Crippen LogP contribution is 2.18. The second kappa shape index (κ2) is 6.35. The first-order valence-corrected chi connectivity index (χ1v) is 6.39. The molecule has 20 heavy (non-hydrogen) atoms. The molecule has 0 saturated carbocycles. The molecule has 0 spiro atoms. The number of nitrogens with zero attached hydrogens (tertiary/aromatic N) is 3. The Kier molecular flexibility index (Phi) is 4.53. The number of piperazine rings is 1. The zero-order chi connectivity index (χ0) is 14.5. The van der Waals surface area contributed by atoms with Crippen LogP contribution in [0.1, 0.15) is 5.56 Å². The molecule has 106 valence electrons. The van der Waals surface area contributed by atoms with Crippen LogP contribution in [0.5, 0.6) is 5.75 Å². The van der Waals surface area contributed by atoms with Gasteiger partial charge in [0.05, 0.1) is 11.6 Å². The van der Waals surface area contributed by atoms with Crippen LogP contribution in [0.4, 0.5) is 4.39 Å². The lowest BCUT2D eigenvalue weighted by Crippen LogP contribution is -2.48. The van der Waals surface area contributed by atoms with Crippen molar-refractivity contribution in [1.29, 1.82) is 5.26 Å². The van der Waals surface area contributed by atoms with Gasteiger partial charge in [-0.15, -0.1) is 0 Å². The number of ether oxygens (including phenoxy) is 1. The monoisotopic (exact) mass is 277 g/mol. The Morgan fingerprint density at radius 1 is 1.40 bits per heavy atom. The van der Waals surface area contributed by atoms with Crippen molar-refractivity contribution in [2.24, 2.45) is 0 Å². The standard InChI is InChI=1S/C14H16FN3O2/c1-17-4-6-18(7-5-17)14(19)10-20-13-3-2-11(9-16)8-12(13)15/h2-3,8H,4-7,10H2,1H3. The van der Waals surface area contributed by atoms with Crippen LogP contribution in [-0.4, -0.2) is 55.5 Å². The molecule has 5 nitrogen and oxygen atoms in total. The lowest BCUT2D eigenvalue weighted by Gasteiger charge is -2.32. The van der Waals surface area contributed by atoms with E-state index in [1.165, 1.54) is 12.1 Å². The maximum absolute atomic E-state index is 13.6. The first kappa shape index (κ1) is 14.3. The number of nitriles is 1. The molecule has 1 fully saturated rings. The normalized spacial score (nSPS) is 15.8. The number of carbonyl (C=O) groups excluding carboxylic acids is 1. The first-order chi connectivity index (χ1) is 9.60. The second-order valence-electron chi connectivity index (χ2n) is 4.73. The largest absolute Gasteiger partial charge is 0.481 e. The van der Waals surface area contributed by atoms with Crippen LogP contribution in [0.3, 0.4) is 0 Å². The zero-order valence-corrected chi connectivity index (χ0v) is 11.3. The van der Waals surface area contributed by atoms with Gasteiger partial charge in [-0.1, -0.05) is 0 Å². The van der Waals surface area contributed by atoms with Gasteiger partial charge in [-0.25, -0.2) is 4.39 Å². The molecule has 0 N–H and O–H groups in total. The predicted octanol–water partition coefficient (Wildman–Crippen LogP) is 0.850. The zero-order valence-electron chi connectivity index (χ0n) is 11.3. The molecule has 1 aromatic carbocycles. The Bertz CT molecular complexity index is 534. The fourth-order valence-electron chi connectivity index (χ4n) is 1.97. The maximum Gasteiger partial charge on any atom is 0.260 e. The fourth-order valence-corrected chi connectivity index (χ4v) is 1.97. The van der Waals surface area contributed by atoms with Crippen molar-refractivity contribution < 1.29 is 13.9 Å². The quantitative estimate of drug-likeness (QED) is 0.822. The van der Waals surface area contributed by atoms with Crippen LogP contribution in [0.25, 0.3) is 0 Å². The van der Waals surface area contributed by atoms with E-state index in [1.807, 2.05) is 13.1 Å². The van der Waals surface area contributed by atoms with Crippen LogP contribution in [-0.2, 0) is 4.79 Å². The van der Waals surface area contributed by atoms with E-state index in [0.29, 0.717) is 13.1 Å². The third-order valence-corrected chi connectivity index (χ3v) is 3.27. The molecule has 0 atom stereocenters. The van der Waals surface area contributed by atoms with Gasteiger partial charge in [-0.05, 0) is 25.2 Å². The van der Waals surface area contributed by atoms with Crippen LogP contribution in [0, 0.1) is 17.1 Å². The van der Waals surface area contributed by atoms with Gasteiger partial charge < -0.3 is 14.5 Å². The summed E-state index contributed by atoms with van der Waals surface area (Å²) >= 11 is 0. The van der Waals surface area contributed by atoms with Gasteiger partial charge in [0.2, 0.25) is 0 Å². The number of hydrogen-bond donors (Lipinski definition) is 0. The molecule has 0 aromatic heterocycles. The highest BCUT2D eigenvalue weighted by Gasteiger charge is 2.19. The molecule has 1 saturated heterocycles. The summed E-state index contributed by atoms with van der Waals surface area (Å²) in [7, 11) is 2.00. The molecule has 0 aliphatic carbocycles. The molecule has 1 heterocycles. The van der Waals surface area contributed by atoms with E-state index >= 15 is 0 Å². The number of halogens is 1. The third kappa shape index (κ3) is 3.45. The van der Waals surface area contributed by atoms with Gasteiger partial charge in [0, 0.05) is 26.2 Å². The lowest BCUT2D eigenvalue weighted by molar-refractivity contribution is -0.134. The van der Waals surface area contributed by atoms with Crippen LogP contribution in [0.15, 0.2) is 18.2 Å². The minimum atomic E-state index is -0.629. The number of benzene rings is 1. The van der Waals surface area contributed by atoms with Gasteiger partial charge in [0.1, 0.15) is 0 Å². The van der Waals surface area contributed by atoms with Crippen molar-refractivity contribution in [3.63, 3.8) is 0 Å². The maximum atomic E-state index is 13.6. The topological polar surface area (TPSA) is 56.6 Å². The predicted molar refractivity (Wildman–Crippen MR) is 70.7 cm³/mol. The third-order valence-electron chi connectivity index (χ3n) is 3.27. The number of rotatable bonds is 3. The molecule has 1 amide bonds. The first-order valence-electron chi connectivity index (χ1n) is 6.39. The summed E-state index contributed by atoms with van der Waals surface area (Å²) in [5.74, 6) is -0.788. The molecule has 1 aliphatic rings. The summed E-state index contributed by atoms with van der Waals surface area (Å²) in [5, 5.41) is 8.64. The number of amides is 1. The Balaban J connectivity index is 1.89. The molecule has 1 aromatic rings. The summed E-state index contributed by atoms with van der Waals surface area (Å²) in [4.78, 5) is 15.8. The van der Waals surface area contributed by atoms with E-state index in [4.69, 9.17) is 10.00 Å². The van der Waals surface area contributed by atoms with Crippen LogP contribution in [0.2, 0.25) is 0 Å². The van der Waals surface area contributed by atoms with Crippen molar-refractivity contribution in [2.45, 2.75) is 0 Å². The lowest BCUT2D eigenvalue weighted by atomic mass is 10.2. The number of likely N-dealkylation sites (N-methyl/N-ethyl adjacent to an activating group) is 1. The summed E-state index contributed by atoms with van der Waals surface area (Å²) in [5.41, 5.74) is 0.222. The smallest absolute Gasteiger partial charge is 0.260 e. The van der Waals surface area contributed by atoms with E-state index in [0.717, 1.165) is 19.2 Å². The fraction of sp³-hybridized carbons (Fsp3) is 0.429.